The number of nitrogens with zero attached hydrogens (tertiary/aromatic N) is 2. The van der Waals surface area contributed by atoms with Gasteiger partial charge in [0.25, 0.3) is 10.0 Å². The lowest BCUT2D eigenvalue weighted by Gasteiger charge is -2.34. The Hall–Kier alpha value is -4.54. The van der Waals surface area contributed by atoms with Gasteiger partial charge in [0.1, 0.15) is 24.1 Å². The summed E-state index contributed by atoms with van der Waals surface area (Å²) in [4.78, 5) is 30.0. The Bertz CT molecular complexity index is 1740. The predicted octanol–water partition coefficient (Wildman–Crippen LogP) is 6.11. The Labute approximate surface area is 282 Å². The maximum Gasteiger partial charge on any atom is 0.264 e. The van der Waals surface area contributed by atoms with E-state index in [0.29, 0.717) is 17.9 Å². The highest BCUT2D eigenvalue weighted by Gasteiger charge is 2.35. The smallest absolute Gasteiger partial charge is 0.264 e. The maximum absolute atomic E-state index is 14.6. The van der Waals surface area contributed by atoms with Gasteiger partial charge in [-0.05, 0) is 60.0 Å². The lowest BCUT2D eigenvalue weighted by atomic mass is 10.0. The summed E-state index contributed by atoms with van der Waals surface area (Å²) in [5, 5.41) is 3.24. The van der Waals surface area contributed by atoms with E-state index in [-0.39, 0.29) is 40.2 Å². The number of rotatable bonds is 16. The van der Waals surface area contributed by atoms with Crippen LogP contribution in [0.4, 0.5) is 5.69 Å². The second-order valence-corrected chi connectivity index (χ2v) is 13.2. The Kier molecular flexibility index (Phi) is 12.7. The van der Waals surface area contributed by atoms with E-state index in [0.717, 1.165) is 22.7 Å². The molecule has 0 aromatic heterocycles. The van der Waals surface area contributed by atoms with E-state index in [1.165, 1.54) is 30.2 Å². The van der Waals surface area contributed by atoms with Gasteiger partial charge in [-0.1, -0.05) is 85.6 Å². The largest absolute Gasteiger partial charge is 0.497 e. The molecule has 4 rings (SSSR count). The summed E-state index contributed by atoms with van der Waals surface area (Å²) in [6, 6.07) is 28.0. The molecule has 0 aliphatic carbocycles. The van der Waals surface area contributed by atoms with Crippen molar-refractivity contribution < 1.29 is 27.5 Å². The minimum Gasteiger partial charge on any atom is -0.497 e. The molecule has 9 nitrogen and oxygen atoms in total. The molecule has 0 heterocycles. The number of ether oxygens (including phenoxy) is 2. The number of hydrogen-bond donors (Lipinski definition) is 1. The van der Waals surface area contributed by atoms with Gasteiger partial charge in [0.05, 0.1) is 24.8 Å². The summed E-state index contributed by atoms with van der Waals surface area (Å²) in [6.45, 7) is 1.85. The highest BCUT2D eigenvalue weighted by atomic mass is 35.5. The van der Waals surface area contributed by atoms with Crippen LogP contribution < -0.4 is 19.1 Å². The molecule has 0 aliphatic heterocycles. The summed E-state index contributed by atoms with van der Waals surface area (Å²) in [6.07, 6.45) is 1.86. The second kappa shape index (κ2) is 16.9. The molecule has 1 N–H and O–H groups in total. The fourth-order valence-corrected chi connectivity index (χ4v) is 6.72. The van der Waals surface area contributed by atoms with Gasteiger partial charge >= 0.3 is 0 Å². The Morgan fingerprint density at radius 2 is 1.53 bits per heavy atom. The average Bonchev–Trinajstić information content (AvgIpc) is 3.09. The minimum atomic E-state index is -4.31. The maximum atomic E-state index is 14.6. The zero-order valence-electron chi connectivity index (χ0n) is 26.8. The zero-order chi connectivity index (χ0) is 33.8. The van der Waals surface area contributed by atoms with Gasteiger partial charge in [-0.25, -0.2) is 8.42 Å². The van der Waals surface area contributed by atoms with Crippen LogP contribution >= 0.6 is 11.6 Å². The monoisotopic (exact) mass is 677 g/mol. The molecule has 47 heavy (non-hydrogen) atoms. The molecule has 11 heteroatoms. The molecule has 0 saturated carbocycles. The van der Waals surface area contributed by atoms with E-state index in [2.05, 4.69) is 5.32 Å². The van der Waals surface area contributed by atoms with Crippen LogP contribution in [0.2, 0.25) is 5.02 Å². The number of amides is 2. The van der Waals surface area contributed by atoms with E-state index in [1.54, 1.807) is 55.6 Å². The molecule has 1 unspecified atom stereocenters. The molecule has 0 radical (unpaired) electrons. The number of carbonyl (C=O) groups is 2. The van der Waals surface area contributed by atoms with Gasteiger partial charge in [0.2, 0.25) is 11.8 Å². The van der Waals surface area contributed by atoms with Crippen LogP contribution in [0, 0.1) is 0 Å². The fraction of sp³-hybridized carbons (Fsp3) is 0.278. The normalized spacial score (nSPS) is 11.7. The van der Waals surface area contributed by atoms with Crippen molar-refractivity contribution in [1.29, 1.82) is 0 Å². The molecule has 4 aromatic carbocycles. The number of nitrogens with one attached hydrogen (secondary N) is 1. The number of halogens is 1. The molecule has 2 amide bonds. The first kappa shape index (κ1) is 35.3. The summed E-state index contributed by atoms with van der Waals surface area (Å²) in [7, 11) is -1.35. The summed E-state index contributed by atoms with van der Waals surface area (Å²) in [5.41, 5.74) is 1.64. The molecule has 0 spiro atoms. The summed E-state index contributed by atoms with van der Waals surface area (Å²) in [5.74, 6) is -0.143. The SMILES string of the molecule is CCCCNC(=O)C(Cc1ccccc1)N(Cc1cccc(OC)c1)C(=O)CN(c1cc(Cl)ccc1OC)S(=O)(=O)c1ccccc1. The number of unbranched alkanes of at least 4 members (excludes halogenated alkanes) is 1. The van der Waals surface area contributed by atoms with Gasteiger partial charge in [0, 0.05) is 24.5 Å². The number of methoxy groups -OCH3 is 2. The Morgan fingerprint density at radius 1 is 0.851 bits per heavy atom. The minimum absolute atomic E-state index is 0.0145. The highest BCUT2D eigenvalue weighted by Crippen LogP contribution is 2.35. The van der Waals surface area contributed by atoms with Crippen molar-refractivity contribution in [2.75, 3.05) is 31.6 Å². The molecule has 0 fully saturated rings. The van der Waals surface area contributed by atoms with Crippen molar-refractivity contribution in [3.8, 4) is 11.5 Å². The van der Waals surface area contributed by atoms with Crippen molar-refractivity contribution in [3.05, 3.63) is 119 Å². The third-order valence-electron chi connectivity index (χ3n) is 7.61. The first-order valence-electron chi connectivity index (χ1n) is 15.3. The van der Waals surface area contributed by atoms with Crippen molar-refractivity contribution in [2.45, 2.75) is 43.7 Å². The lowest BCUT2D eigenvalue weighted by Crippen LogP contribution is -2.53. The van der Waals surface area contributed by atoms with Crippen LogP contribution in [0.3, 0.4) is 0 Å². The molecule has 4 aromatic rings. The number of anilines is 1. The first-order chi connectivity index (χ1) is 22.7. The van der Waals surface area contributed by atoms with Crippen LogP contribution in [-0.4, -0.2) is 58.5 Å². The predicted molar refractivity (Wildman–Crippen MR) is 184 cm³/mol. The van der Waals surface area contributed by atoms with Gasteiger partial charge in [-0.3, -0.25) is 13.9 Å². The number of benzene rings is 4. The van der Waals surface area contributed by atoms with Gasteiger partial charge in [-0.15, -0.1) is 0 Å². The molecule has 0 aliphatic rings. The van der Waals surface area contributed by atoms with E-state index < -0.39 is 28.5 Å². The first-order valence-corrected chi connectivity index (χ1v) is 17.1. The van der Waals surface area contributed by atoms with Crippen LogP contribution in [-0.2, 0) is 32.6 Å². The fourth-order valence-electron chi connectivity index (χ4n) is 5.12. The van der Waals surface area contributed by atoms with E-state index in [1.807, 2.05) is 43.3 Å². The molecule has 0 saturated heterocycles. The molecular formula is C36H40ClN3O6S. The quantitative estimate of drug-likeness (QED) is 0.144. The molecular weight excluding hydrogens is 638 g/mol. The lowest BCUT2D eigenvalue weighted by molar-refractivity contribution is -0.140. The van der Waals surface area contributed by atoms with Crippen LogP contribution in [0.15, 0.2) is 108 Å². The van der Waals surface area contributed by atoms with E-state index in [4.69, 9.17) is 21.1 Å². The van der Waals surface area contributed by atoms with Gasteiger partial charge in [-0.2, -0.15) is 0 Å². The standard InChI is InChI=1S/C36H40ClN3O6S/c1-4-5-21-38-36(42)33(23-27-13-8-6-9-14-27)39(25-28-15-12-16-30(22-28)45-2)35(41)26-40(32-24-29(37)19-20-34(32)46-3)47(43,44)31-17-10-7-11-18-31/h6-20,22,24,33H,4-5,21,23,25-26H2,1-3H3,(H,38,42). The average molecular weight is 678 g/mol. The Balaban J connectivity index is 1.84. The third kappa shape index (κ3) is 9.27. The van der Waals surface area contributed by atoms with Gasteiger partial charge < -0.3 is 19.7 Å². The summed E-state index contributed by atoms with van der Waals surface area (Å²) < 4.78 is 40.4. The zero-order valence-corrected chi connectivity index (χ0v) is 28.3. The van der Waals surface area contributed by atoms with Crippen molar-refractivity contribution in [3.63, 3.8) is 0 Å². The van der Waals surface area contributed by atoms with Crippen molar-refractivity contribution in [2.24, 2.45) is 0 Å². The van der Waals surface area contributed by atoms with Crippen molar-refractivity contribution >= 4 is 39.1 Å². The van der Waals surface area contributed by atoms with Crippen molar-refractivity contribution in [1.82, 2.24) is 10.2 Å². The van der Waals surface area contributed by atoms with E-state index in [9.17, 15) is 18.0 Å². The molecule has 248 valence electrons. The van der Waals surface area contributed by atoms with Crippen LogP contribution in [0.25, 0.3) is 0 Å². The Morgan fingerprint density at radius 3 is 2.19 bits per heavy atom. The summed E-state index contributed by atoms with van der Waals surface area (Å²) >= 11 is 6.35. The topological polar surface area (TPSA) is 105 Å². The number of sulfonamides is 1. The van der Waals surface area contributed by atoms with Gasteiger partial charge in [0.15, 0.2) is 0 Å². The van der Waals surface area contributed by atoms with Crippen LogP contribution in [0.1, 0.15) is 30.9 Å². The third-order valence-corrected chi connectivity index (χ3v) is 9.62. The molecule has 1 atom stereocenters. The van der Waals surface area contributed by atoms with E-state index >= 15 is 0 Å². The second-order valence-electron chi connectivity index (χ2n) is 10.9. The number of hydrogen-bond acceptors (Lipinski definition) is 6. The number of carbonyl (C=O) groups excluding carboxylic acids is 2. The van der Waals surface area contributed by atoms with Crippen LogP contribution in [0.5, 0.6) is 11.5 Å². The highest BCUT2D eigenvalue weighted by molar-refractivity contribution is 7.92. The molecule has 0 bridgehead atoms.